The molecule has 23 heavy (non-hydrogen) atoms. The number of carbonyl (C=O) groups excluding carboxylic acids is 2. The van der Waals surface area contributed by atoms with E-state index >= 15 is 0 Å². The van der Waals surface area contributed by atoms with Gasteiger partial charge in [-0.25, -0.2) is 4.98 Å². The molecule has 0 radical (unpaired) electrons. The molecule has 1 aromatic heterocycles. The van der Waals surface area contributed by atoms with E-state index in [9.17, 15) is 14.7 Å². The molecular weight excluding hydrogens is 341 g/mol. The molecule has 0 atom stereocenters. The van der Waals surface area contributed by atoms with Gasteiger partial charge < -0.3 is 15.7 Å². The van der Waals surface area contributed by atoms with Crippen LogP contribution in [0.5, 0.6) is 5.75 Å². The lowest BCUT2D eigenvalue weighted by molar-refractivity contribution is 0.0923. The Morgan fingerprint density at radius 3 is 2.35 bits per heavy atom. The number of aromatic nitrogens is 1. The summed E-state index contributed by atoms with van der Waals surface area (Å²) in [7, 11) is 0. The molecule has 1 aromatic carbocycles. The van der Waals surface area contributed by atoms with Gasteiger partial charge in [-0.05, 0) is 24.3 Å². The molecule has 2 amide bonds. The number of nitrogens with one attached hydrogen (secondary N) is 2. The molecule has 0 fully saturated rings. The summed E-state index contributed by atoms with van der Waals surface area (Å²) in [5.74, 6) is -1.03. The summed E-state index contributed by atoms with van der Waals surface area (Å²) < 4.78 is 0. The number of aromatic hydroxyl groups is 1. The van der Waals surface area contributed by atoms with Crippen molar-refractivity contribution in [1.82, 2.24) is 15.6 Å². The van der Waals surface area contributed by atoms with E-state index in [1.165, 1.54) is 24.3 Å². The number of rotatable bonds is 5. The maximum Gasteiger partial charge on any atom is 0.271 e. The second-order valence-electron chi connectivity index (χ2n) is 4.49. The highest BCUT2D eigenvalue weighted by atomic mass is 35.5. The van der Waals surface area contributed by atoms with Crippen molar-refractivity contribution in [3.8, 4) is 5.75 Å². The van der Waals surface area contributed by atoms with Crippen LogP contribution in [0.3, 0.4) is 0 Å². The van der Waals surface area contributed by atoms with Crippen LogP contribution in [0.25, 0.3) is 0 Å². The molecule has 0 spiro atoms. The number of phenolic OH excluding ortho intramolecular Hbond substituents is 1. The monoisotopic (exact) mass is 353 g/mol. The van der Waals surface area contributed by atoms with E-state index in [2.05, 4.69) is 15.6 Å². The van der Waals surface area contributed by atoms with Crippen molar-refractivity contribution in [1.29, 1.82) is 0 Å². The van der Waals surface area contributed by atoms with Crippen molar-refractivity contribution >= 4 is 35.0 Å². The van der Waals surface area contributed by atoms with Crippen molar-refractivity contribution in [3.63, 3.8) is 0 Å². The molecule has 120 valence electrons. The molecule has 3 N–H and O–H groups in total. The third kappa shape index (κ3) is 4.58. The van der Waals surface area contributed by atoms with Gasteiger partial charge in [-0.3, -0.25) is 9.59 Å². The van der Waals surface area contributed by atoms with E-state index in [0.29, 0.717) is 0 Å². The molecule has 0 aliphatic rings. The fourth-order valence-corrected chi connectivity index (χ4v) is 2.11. The summed E-state index contributed by atoms with van der Waals surface area (Å²) in [6.45, 7) is 0.347. The van der Waals surface area contributed by atoms with Gasteiger partial charge in [-0.15, -0.1) is 0 Å². The number of hydrogen-bond donors (Lipinski definition) is 3. The first-order chi connectivity index (χ1) is 11.0. The highest BCUT2D eigenvalue weighted by molar-refractivity contribution is 6.34. The van der Waals surface area contributed by atoms with E-state index in [0.717, 1.165) is 0 Å². The van der Waals surface area contributed by atoms with Gasteiger partial charge >= 0.3 is 0 Å². The van der Waals surface area contributed by atoms with Crippen molar-refractivity contribution in [3.05, 3.63) is 57.8 Å². The third-order valence-electron chi connectivity index (χ3n) is 2.87. The van der Waals surface area contributed by atoms with E-state index < -0.39 is 11.8 Å². The van der Waals surface area contributed by atoms with Crippen molar-refractivity contribution < 1.29 is 14.7 Å². The second-order valence-corrected chi connectivity index (χ2v) is 5.29. The zero-order chi connectivity index (χ0) is 16.8. The Hall–Kier alpha value is -2.31. The number of amides is 2. The van der Waals surface area contributed by atoms with Gasteiger partial charge in [0.05, 0.1) is 10.6 Å². The first-order valence-electron chi connectivity index (χ1n) is 6.65. The van der Waals surface area contributed by atoms with Gasteiger partial charge in [0.2, 0.25) is 0 Å². The zero-order valence-electron chi connectivity index (χ0n) is 11.8. The molecule has 0 unspecified atom stereocenters. The number of hydrogen-bond acceptors (Lipinski definition) is 4. The molecule has 2 aromatic rings. The van der Waals surface area contributed by atoms with Gasteiger partial charge in [-0.2, -0.15) is 0 Å². The maximum absolute atomic E-state index is 11.9. The number of nitrogens with zero attached hydrogens (tertiary/aromatic N) is 1. The predicted octanol–water partition coefficient (Wildman–Crippen LogP) is 2.25. The lowest BCUT2D eigenvalue weighted by Crippen LogP contribution is -2.35. The average Bonchev–Trinajstić information content (AvgIpc) is 2.53. The Labute approximate surface area is 142 Å². The Morgan fingerprint density at radius 1 is 1.00 bits per heavy atom. The van der Waals surface area contributed by atoms with E-state index in [4.69, 9.17) is 23.2 Å². The number of pyridine rings is 1. The summed E-state index contributed by atoms with van der Waals surface area (Å²) in [6.07, 6.45) is 0. The highest BCUT2D eigenvalue weighted by Gasteiger charge is 2.13. The van der Waals surface area contributed by atoms with Crippen LogP contribution in [0.15, 0.2) is 36.4 Å². The van der Waals surface area contributed by atoms with Crippen LogP contribution in [-0.2, 0) is 0 Å². The van der Waals surface area contributed by atoms with Gasteiger partial charge in [0.15, 0.2) is 0 Å². The molecule has 0 bridgehead atoms. The van der Waals surface area contributed by atoms with Gasteiger partial charge in [0.1, 0.15) is 16.6 Å². The minimum atomic E-state index is -0.491. The maximum atomic E-state index is 11.9. The van der Waals surface area contributed by atoms with E-state index in [1.54, 1.807) is 12.1 Å². The molecule has 8 heteroatoms. The minimum Gasteiger partial charge on any atom is -0.507 e. The topological polar surface area (TPSA) is 91.3 Å². The Bertz CT molecular complexity index is 738. The van der Waals surface area contributed by atoms with Crippen LogP contribution in [0.2, 0.25) is 10.2 Å². The predicted molar refractivity (Wildman–Crippen MR) is 87.0 cm³/mol. The first kappa shape index (κ1) is 17.1. The summed E-state index contributed by atoms with van der Waals surface area (Å²) in [5, 5.41) is 15.1. The molecule has 1 heterocycles. The minimum absolute atomic E-state index is 0.0196. The third-order valence-corrected chi connectivity index (χ3v) is 3.39. The van der Waals surface area contributed by atoms with Gasteiger partial charge in [0.25, 0.3) is 11.8 Å². The van der Waals surface area contributed by atoms with Gasteiger partial charge in [-0.1, -0.05) is 35.3 Å². The number of carbonyl (C=O) groups is 2. The lowest BCUT2D eigenvalue weighted by Gasteiger charge is -2.08. The van der Waals surface area contributed by atoms with Crippen LogP contribution < -0.4 is 10.6 Å². The fraction of sp³-hybridized carbons (Fsp3) is 0.133. The van der Waals surface area contributed by atoms with Crippen molar-refractivity contribution in [2.45, 2.75) is 0 Å². The summed E-state index contributed by atoms with van der Waals surface area (Å²) in [6, 6.07) is 9.14. The van der Waals surface area contributed by atoms with E-state index in [-0.39, 0.29) is 40.3 Å². The molecular formula is C15H13Cl2N3O3. The largest absolute Gasteiger partial charge is 0.507 e. The SMILES string of the molecule is O=C(NCCNC(=O)c1nc(Cl)ccc1Cl)c1ccccc1O. The van der Waals surface area contributed by atoms with Crippen LogP contribution in [0.1, 0.15) is 20.8 Å². The fourth-order valence-electron chi connectivity index (χ4n) is 1.77. The van der Waals surface area contributed by atoms with Crippen molar-refractivity contribution in [2.75, 3.05) is 13.1 Å². The summed E-state index contributed by atoms with van der Waals surface area (Å²) >= 11 is 11.6. The van der Waals surface area contributed by atoms with Crippen LogP contribution in [0, 0.1) is 0 Å². The lowest BCUT2D eigenvalue weighted by atomic mass is 10.2. The quantitative estimate of drug-likeness (QED) is 0.567. The average molecular weight is 354 g/mol. The first-order valence-corrected chi connectivity index (χ1v) is 7.41. The molecule has 0 saturated carbocycles. The van der Waals surface area contributed by atoms with Crippen LogP contribution in [-0.4, -0.2) is 35.0 Å². The normalized spacial score (nSPS) is 10.2. The number of para-hydroxylation sites is 1. The van der Waals surface area contributed by atoms with Crippen LogP contribution in [0.4, 0.5) is 0 Å². The Balaban J connectivity index is 1.83. The Kier molecular flexibility index (Phi) is 5.78. The highest BCUT2D eigenvalue weighted by Crippen LogP contribution is 2.16. The molecule has 0 aliphatic heterocycles. The number of benzene rings is 1. The molecule has 2 rings (SSSR count). The molecule has 0 saturated heterocycles. The summed E-state index contributed by atoms with van der Waals surface area (Å²) in [5.41, 5.74) is 0.185. The standard InChI is InChI=1S/C15H13Cl2N3O3/c16-10-5-6-12(17)20-13(10)15(23)19-8-7-18-14(22)9-3-1-2-4-11(9)21/h1-6,21H,7-8H2,(H,18,22)(H,19,23). The zero-order valence-corrected chi connectivity index (χ0v) is 13.4. The van der Waals surface area contributed by atoms with Gasteiger partial charge in [0, 0.05) is 13.1 Å². The number of halogens is 2. The Morgan fingerprint density at radius 2 is 1.65 bits per heavy atom. The van der Waals surface area contributed by atoms with E-state index in [1.807, 2.05) is 0 Å². The number of phenols is 1. The van der Waals surface area contributed by atoms with Crippen molar-refractivity contribution in [2.24, 2.45) is 0 Å². The smallest absolute Gasteiger partial charge is 0.271 e. The molecule has 0 aliphatic carbocycles. The second kappa shape index (κ2) is 7.80. The van der Waals surface area contributed by atoms with Crippen LogP contribution >= 0.6 is 23.2 Å². The molecule has 6 nitrogen and oxygen atoms in total. The summed E-state index contributed by atoms with van der Waals surface area (Å²) in [4.78, 5) is 27.6.